The van der Waals surface area contributed by atoms with Crippen molar-refractivity contribution in [3.05, 3.63) is 35.0 Å². The van der Waals surface area contributed by atoms with Crippen molar-refractivity contribution < 1.29 is 27.5 Å². The van der Waals surface area contributed by atoms with E-state index in [1.54, 1.807) is 6.07 Å². The van der Waals surface area contributed by atoms with E-state index in [4.69, 9.17) is 16.3 Å². The number of nitrogens with zero attached hydrogens (tertiary/aromatic N) is 1. The summed E-state index contributed by atoms with van der Waals surface area (Å²) in [6.45, 7) is 5.54. The Labute approximate surface area is 205 Å². The maximum atomic E-state index is 13.4. The first-order valence-electron chi connectivity index (χ1n) is 11.8. The molecule has 2 N–H and O–H groups in total. The van der Waals surface area contributed by atoms with Crippen molar-refractivity contribution in [1.82, 2.24) is 10.3 Å². The van der Waals surface area contributed by atoms with Gasteiger partial charge in [-0.3, -0.25) is 9.59 Å². The number of amides is 1. The molecule has 188 valence electrons. The Morgan fingerprint density at radius 1 is 1.11 bits per heavy atom. The summed E-state index contributed by atoms with van der Waals surface area (Å²) < 4.78 is 45.8. The normalized spacial score (nSPS) is 31.6. The second-order valence-corrected chi connectivity index (χ2v) is 11.2. The maximum absolute atomic E-state index is 13.4. The lowest BCUT2D eigenvalue weighted by Gasteiger charge is -2.31. The van der Waals surface area contributed by atoms with Crippen LogP contribution in [0, 0.1) is 10.8 Å². The van der Waals surface area contributed by atoms with E-state index < -0.39 is 28.3 Å². The van der Waals surface area contributed by atoms with Gasteiger partial charge < -0.3 is 15.4 Å². The van der Waals surface area contributed by atoms with Crippen molar-refractivity contribution >= 4 is 40.1 Å². The first kappa shape index (κ1) is 24.2. The Bertz CT molecular complexity index is 1230. The van der Waals surface area contributed by atoms with E-state index in [0.29, 0.717) is 48.2 Å². The maximum Gasteiger partial charge on any atom is 0.433 e. The topological polar surface area (TPSA) is 80.3 Å². The van der Waals surface area contributed by atoms with Crippen LogP contribution in [0.15, 0.2) is 24.3 Å². The summed E-state index contributed by atoms with van der Waals surface area (Å²) in [6.07, 6.45) is -1.42. The number of anilines is 1. The van der Waals surface area contributed by atoms with Gasteiger partial charge in [0.25, 0.3) is 5.91 Å². The lowest BCUT2D eigenvalue weighted by atomic mass is 9.76. The van der Waals surface area contributed by atoms with Gasteiger partial charge >= 0.3 is 12.1 Å². The molecule has 3 fully saturated rings. The van der Waals surface area contributed by atoms with E-state index >= 15 is 0 Å². The highest BCUT2D eigenvalue weighted by Gasteiger charge is 2.84. The van der Waals surface area contributed by atoms with Crippen molar-refractivity contribution in [2.45, 2.75) is 76.7 Å². The molecular weight excluding hydrogens is 483 g/mol. The third kappa shape index (κ3) is 3.74. The van der Waals surface area contributed by atoms with Crippen LogP contribution in [-0.2, 0) is 20.5 Å². The molecule has 0 bridgehead atoms. The van der Waals surface area contributed by atoms with E-state index in [9.17, 15) is 22.8 Å². The van der Waals surface area contributed by atoms with Crippen molar-refractivity contribution in [2.24, 2.45) is 10.8 Å². The largest absolute Gasteiger partial charge is 0.448 e. The van der Waals surface area contributed by atoms with Gasteiger partial charge in [0.2, 0.25) is 0 Å². The van der Waals surface area contributed by atoms with Crippen LogP contribution in [0.3, 0.4) is 0 Å². The van der Waals surface area contributed by atoms with Gasteiger partial charge in [0, 0.05) is 40.0 Å². The number of rotatable bonds is 4. The summed E-state index contributed by atoms with van der Waals surface area (Å²) in [5, 5.41) is 7.25. The molecule has 0 spiro atoms. The number of ether oxygens (including phenoxy) is 1. The van der Waals surface area contributed by atoms with Gasteiger partial charge in [0.1, 0.15) is 5.69 Å². The highest BCUT2D eigenvalue weighted by molar-refractivity contribution is 6.31. The van der Waals surface area contributed by atoms with E-state index in [2.05, 4.69) is 15.6 Å². The van der Waals surface area contributed by atoms with Crippen LogP contribution in [0.5, 0.6) is 0 Å². The van der Waals surface area contributed by atoms with Crippen LogP contribution in [0.4, 0.5) is 18.9 Å². The zero-order chi connectivity index (χ0) is 25.4. The lowest BCUT2D eigenvalue weighted by molar-refractivity contribution is -0.158. The van der Waals surface area contributed by atoms with Crippen LogP contribution in [0.2, 0.25) is 5.02 Å². The molecule has 1 unspecified atom stereocenters. The molecule has 2 saturated carbocycles. The summed E-state index contributed by atoms with van der Waals surface area (Å²) in [7, 11) is 0. The lowest BCUT2D eigenvalue weighted by Crippen LogP contribution is -2.47. The molecule has 35 heavy (non-hydrogen) atoms. The quantitative estimate of drug-likeness (QED) is 0.534. The van der Waals surface area contributed by atoms with Crippen molar-refractivity contribution in [3.63, 3.8) is 0 Å². The summed E-state index contributed by atoms with van der Waals surface area (Å²) in [5.41, 5.74) is -2.72. The second kappa shape index (κ2) is 7.72. The summed E-state index contributed by atoms with van der Waals surface area (Å²) in [6, 6.07) is 5.47. The zero-order valence-electron chi connectivity index (χ0n) is 19.7. The van der Waals surface area contributed by atoms with Crippen molar-refractivity contribution in [3.8, 4) is 0 Å². The number of nitrogens with one attached hydrogen (secondary N) is 2. The first-order valence-corrected chi connectivity index (χ1v) is 12.1. The molecule has 2 aliphatic carbocycles. The molecule has 1 aromatic carbocycles. The second-order valence-electron chi connectivity index (χ2n) is 10.7. The number of aromatic nitrogens is 1. The highest BCUT2D eigenvalue weighted by atomic mass is 35.5. The van der Waals surface area contributed by atoms with E-state index in [1.807, 2.05) is 20.8 Å². The molecule has 5 rings (SSSR count). The number of esters is 1. The van der Waals surface area contributed by atoms with Gasteiger partial charge in [0.15, 0.2) is 5.60 Å². The summed E-state index contributed by atoms with van der Waals surface area (Å²) in [5.74, 6) is -0.600. The molecular formula is C25H27ClF3N3O3. The average molecular weight is 510 g/mol. The molecule has 1 amide bonds. The number of hydrogen-bond donors (Lipinski definition) is 2. The van der Waals surface area contributed by atoms with E-state index in [1.165, 1.54) is 12.1 Å². The molecule has 10 heteroatoms. The molecule has 1 aromatic heterocycles. The highest BCUT2D eigenvalue weighted by Crippen LogP contribution is 2.72. The van der Waals surface area contributed by atoms with E-state index in [0.717, 1.165) is 6.07 Å². The average Bonchev–Trinajstić information content (AvgIpc) is 3.37. The molecule has 6 nitrogen and oxygen atoms in total. The van der Waals surface area contributed by atoms with Gasteiger partial charge in [-0.05, 0) is 63.8 Å². The molecule has 0 radical (unpaired) electrons. The predicted octanol–water partition coefficient (Wildman–Crippen LogP) is 5.48. The Kier molecular flexibility index (Phi) is 5.33. The molecule has 2 heterocycles. The number of carbonyl (C=O) groups excluding carboxylic acids is 2. The minimum absolute atomic E-state index is 0.0681. The number of alkyl halides is 3. The minimum atomic E-state index is -4.57. The van der Waals surface area contributed by atoms with Crippen LogP contribution < -0.4 is 10.6 Å². The fraction of sp³-hybridized carbons (Fsp3) is 0.560. The fourth-order valence-corrected chi connectivity index (χ4v) is 5.76. The third-order valence-corrected chi connectivity index (χ3v) is 8.61. The van der Waals surface area contributed by atoms with Gasteiger partial charge in [-0.2, -0.15) is 13.2 Å². The Morgan fingerprint density at radius 3 is 2.37 bits per heavy atom. The molecule has 1 aliphatic heterocycles. The number of pyridine rings is 1. The summed E-state index contributed by atoms with van der Waals surface area (Å²) >= 11 is 6.09. The number of fused-ring (bicyclic) bond motifs is 2. The van der Waals surface area contributed by atoms with Crippen LogP contribution >= 0.6 is 11.6 Å². The number of benzene rings is 1. The molecule has 2 aromatic rings. The molecule has 2 atom stereocenters. The van der Waals surface area contributed by atoms with Crippen molar-refractivity contribution in [2.75, 3.05) is 5.32 Å². The van der Waals surface area contributed by atoms with Crippen molar-refractivity contribution in [1.29, 1.82) is 0 Å². The van der Waals surface area contributed by atoms with Crippen LogP contribution in [-0.4, -0.2) is 34.5 Å². The van der Waals surface area contributed by atoms with Gasteiger partial charge in [0.05, 0.1) is 10.9 Å². The Morgan fingerprint density at radius 2 is 1.77 bits per heavy atom. The molecule has 1 saturated heterocycles. The number of hydrogen-bond acceptors (Lipinski definition) is 5. The molecule has 3 aliphatic rings. The summed E-state index contributed by atoms with van der Waals surface area (Å²) in [4.78, 5) is 29.1. The minimum Gasteiger partial charge on any atom is -0.448 e. The predicted molar refractivity (Wildman–Crippen MR) is 125 cm³/mol. The van der Waals surface area contributed by atoms with E-state index in [-0.39, 0.29) is 29.5 Å². The van der Waals surface area contributed by atoms with Gasteiger partial charge in [-0.15, -0.1) is 0 Å². The van der Waals surface area contributed by atoms with Gasteiger partial charge in [-0.25, -0.2) is 4.98 Å². The third-order valence-electron chi connectivity index (χ3n) is 8.38. The fourth-order valence-electron chi connectivity index (χ4n) is 5.58. The monoisotopic (exact) mass is 509 g/mol. The standard InChI is InChI=1S/C25H27ClF3N3O3/c1-22(2)21(34)35-24(12-23(22,24)3)20(33)31-15-7-5-14(6-8-15)30-18-11-19(25(27,28)29)32-17-9-4-13(26)10-16(17)18/h4,9-11,14-15H,5-8,12H2,1-3H3,(H,30,32)(H,31,33)/t14?,15?,23-,24?/m0/s1. The van der Waals surface area contributed by atoms with Crippen LogP contribution in [0.25, 0.3) is 10.9 Å². The Balaban J connectivity index is 1.25. The Hall–Kier alpha value is -2.55. The smallest absolute Gasteiger partial charge is 0.433 e. The van der Waals surface area contributed by atoms with Crippen LogP contribution in [0.1, 0.15) is 58.6 Å². The zero-order valence-corrected chi connectivity index (χ0v) is 20.4. The number of halogens is 4. The first-order chi connectivity index (χ1) is 16.3. The van der Waals surface area contributed by atoms with Gasteiger partial charge in [-0.1, -0.05) is 18.5 Å². The number of carbonyl (C=O) groups is 2. The SMILES string of the molecule is CC1(C)C(=O)OC2(C(=O)NC3CCC(Nc4cc(C(F)(F)F)nc5ccc(Cl)cc45)CC3)C[C@@]12C.